The van der Waals surface area contributed by atoms with Gasteiger partial charge < -0.3 is 9.72 Å². The molecule has 0 atom stereocenters. The van der Waals surface area contributed by atoms with Crippen molar-refractivity contribution in [2.24, 2.45) is 19.2 Å². The summed E-state index contributed by atoms with van der Waals surface area (Å²) in [7, 11) is 4.57. The highest BCUT2D eigenvalue weighted by atomic mass is 16.5. The van der Waals surface area contributed by atoms with Crippen molar-refractivity contribution >= 4 is 23.3 Å². The average Bonchev–Trinajstić information content (AvgIpc) is 3.03. The number of rotatable bonds is 4. The number of anilines is 1. The third-order valence-electron chi connectivity index (χ3n) is 3.59. The summed E-state index contributed by atoms with van der Waals surface area (Å²) in [5.41, 5.74) is 3.21. The van der Waals surface area contributed by atoms with Crippen molar-refractivity contribution in [3.8, 4) is 5.75 Å². The Kier molecular flexibility index (Phi) is 3.90. The van der Waals surface area contributed by atoms with Gasteiger partial charge in [0.05, 0.1) is 13.3 Å². The highest BCUT2D eigenvalue weighted by molar-refractivity contribution is 5.80. The van der Waals surface area contributed by atoms with Gasteiger partial charge in [0.1, 0.15) is 5.75 Å². The van der Waals surface area contributed by atoms with Crippen LogP contribution in [0, 0.1) is 0 Å². The van der Waals surface area contributed by atoms with E-state index >= 15 is 0 Å². The molecular weight excluding hydrogens is 312 g/mol. The largest absolute Gasteiger partial charge is 0.497 e. The van der Waals surface area contributed by atoms with Gasteiger partial charge in [-0.2, -0.15) is 10.1 Å². The number of aromatic nitrogens is 4. The number of ether oxygens (including phenoxy) is 1. The maximum absolute atomic E-state index is 12.1. The number of aromatic amines is 1. The number of methoxy groups -OCH3 is 1. The predicted octanol–water partition coefficient (Wildman–Crippen LogP) is 0.415. The smallest absolute Gasteiger partial charge is 0.332 e. The molecule has 3 aromatic rings. The first kappa shape index (κ1) is 15.5. The SMILES string of the molecule is COc1ccc(/C=N/Nc2nc3c([nH]2)c(=O)n(C)c(=O)n3C)cc1. The molecule has 2 heterocycles. The average molecular weight is 328 g/mol. The minimum Gasteiger partial charge on any atom is -0.497 e. The third-order valence-corrected chi connectivity index (χ3v) is 3.59. The number of nitrogens with one attached hydrogen (secondary N) is 2. The molecule has 124 valence electrons. The number of hydrogen-bond donors (Lipinski definition) is 2. The van der Waals surface area contributed by atoms with E-state index in [1.54, 1.807) is 20.4 Å². The van der Waals surface area contributed by atoms with E-state index in [2.05, 4.69) is 20.5 Å². The van der Waals surface area contributed by atoms with Gasteiger partial charge in [0.25, 0.3) is 5.56 Å². The van der Waals surface area contributed by atoms with Crippen LogP contribution in [-0.2, 0) is 14.1 Å². The normalized spacial score (nSPS) is 11.3. The summed E-state index contributed by atoms with van der Waals surface area (Å²) in [6, 6.07) is 7.34. The summed E-state index contributed by atoms with van der Waals surface area (Å²) >= 11 is 0. The first-order valence-electron chi connectivity index (χ1n) is 7.10. The van der Waals surface area contributed by atoms with Crippen molar-refractivity contribution in [1.29, 1.82) is 0 Å². The van der Waals surface area contributed by atoms with Gasteiger partial charge in [-0.3, -0.25) is 13.9 Å². The number of fused-ring (bicyclic) bond motifs is 1. The number of hydrogen-bond acceptors (Lipinski definition) is 6. The molecule has 0 fully saturated rings. The molecule has 0 unspecified atom stereocenters. The van der Waals surface area contributed by atoms with Gasteiger partial charge >= 0.3 is 5.69 Å². The zero-order valence-electron chi connectivity index (χ0n) is 13.4. The van der Waals surface area contributed by atoms with Crippen LogP contribution in [0.15, 0.2) is 39.0 Å². The van der Waals surface area contributed by atoms with E-state index in [0.717, 1.165) is 15.9 Å². The summed E-state index contributed by atoms with van der Waals surface area (Å²) < 4.78 is 7.40. The van der Waals surface area contributed by atoms with E-state index in [1.165, 1.54) is 11.6 Å². The van der Waals surface area contributed by atoms with E-state index in [-0.39, 0.29) is 17.1 Å². The van der Waals surface area contributed by atoms with Crippen molar-refractivity contribution in [3.05, 3.63) is 50.7 Å². The lowest BCUT2D eigenvalue weighted by Gasteiger charge is -2.00. The Morgan fingerprint density at radius 3 is 2.58 bits per heavy atom. The Hall–Kier alpha value is -3.36. The number of imidazole rings is 1. The Labute approximate surface area is 136 Å². The molecule has 0 saturated heterocycles. The van der Waals surface area contributed by atoms with Crippen LogP contribution >= 0.6 is 0 Å². The monoisotopic (exact) mass is 328 g/mol. The van der Waals surface area contributed by atoms with Crippen molar-refractivity contribution < 1.29 is 4.74 Å². The molecule has 0 radical (unpaired) electrons. The highest BCUT2D eigenvalue weighted by Gasteiger charge is 2.12. The van der Waals surface area contributed by atoms with Crippen LogP contribution in [0.3, 0.4) is 0 Å². The molecule has 0 aliphatic rings. The summed E-state index contributed by atoms with van der Waals surface area (Å²) in [4.78, 5) is 31.0. The minimum atomic E-state index is -0.438. The highest BCUT2D eigenvalue weighted by Crippen LogP contribution is 2.10. The fourth-order valence-corrected chi connectivity index (χ4v) is 2.24. The van der Waals surface area contributed by atoms with Gasteiger partial charge in [-0.25, -0.2) is 10.2 Å². The Morgan fingerprint density at radius 2 is 1.92 bits per heavy atom. The lowest BCUT2D eigenvalue weighted by molar-refractivity contribution is 0.415. The van der Waals surface area contributed by atoms with Crippen LogP contribution in [0.5, 0.6) is 5.75 Å². The van der Waals surface area contributed by atoms with Crippen LogP contribution in [0.25, 0.3) is 11.2 Å². The molecule has 2 aromatic heterocycles. The van der Waals surface area contributed by atoms with Gasteiger partial charge in [0.15, 0.2) is 11.2 Å². The zero-order valence-corrected chi connectivity index (χ0v) is 13.4. The molecule has 0 aliphatic heterocycles. The van der Waals surface area contributed by atoms with Crippen LogP contribution in [0.4, 0.5) is 5.95 Å². The fraction of sp³-hybridized carbons (Fsp3) is 0.200. The molecule has 3 rings (SSSR count). The predicted molar refractivity (Wildman–Crippen MR) is 90.8 cm³/mol. The first-order chi connectivity index (χ1) is 11.5. The van der Waals surface area contributed by atoms with Crippen molar-refractivity contribution in [2.75, 3.05) is 12.5 Å². The quantitative estimate of drug-likeness (QED) is 0.533. The second kappa shape index (κ2) is 6.03. The lowest BCUT2D eigenvalue weighted by Crippen LogP contribution is -2.36. The molecule has 1 aromatic carbocycles. The summed E-state index contributed by atoms with van der Waals surface area (Å²) in [5.74, 6) is 1.03. The van der Waals surface area contributed by atoms with E-state index in [9.17, 15) is 9.59 Å². The van der Waals surface area contributed by atoms with Crippen LogP contribution in [0.1, 0.15) is 5.56 Å². The lowest BCUT2D eigenvalue weighted by atomic mass is 10.2. The Morgan fingerprint density at radius 1 is 1.21 bits per heavy atom. The zero-order chi connectivity index (χ0) is 17.3. The van der Waals surface area contributed by atoms with E-state index in [0.29, 0.717) is 0 Å². The molecule has 9 nitrogen and oxygen atoms in total. The van der Waals surface area contributed by atoms with Crippen LogP contribution < -0.4 is 21.4 Å². The molecule has 24 heavy (non-hydrogen) atoms. The summed E-state index contributed by atoms with van der Waals surface area (Å²) in [6.45, 7) is 0. The van der Waals surface area contributed by atoms with E-state index < -0.39 is 11.2 Å². The van der Waals surface area contributed by atoms with Crippen LogP contribution in [0.2, 0.25) is 0 Å². The number of hydrazone groups is 1. The first-order valence-corrected chi connectivity index (χ1v) is 7.10. The van der Waals surface area contributed by atoms with Crippen molar-refractivity contribution in [2.45, 2.75) is 0 Å². The van der Waals surface area contributed by atoms with Crippen molar-refractivity contribution in [1.82, 2.24) is 19.1 Å². The van der Waals surface area contributed by atoms with Gasteiger partial charge in [-0.05, 0) is 29.8 Å². The third kappa shape index (κ3) is 2.67. The molecule has 0 bridgehead atoms. The number of benzene rings is 1. The second-order valence-corrected chi connectivity index (χ2v) is 5.13. The van der Waals surface area contributed by atoms with Crippen molar-refractivity contribution in [3.63, 3.8) is 0 Å². The van der Waals surface area contributed by atoms with Crippen LogP contribution in [-0.4, -0.2) is 32.4 Å². The van der Waals surface area contributed by atoms with Gasteiger partial charge in [-0.1, -0.05) is 0 Å². The number of aryl methyl sites for hydroxylation is 1. The van der Waals surface area contributed by atoms with E-state index in [4.69, 9.17) is 4.74 Å². The summed E-state index contributed by atoms with van der Waals surface area (Å²) in [5, 5.41) is 4.06. The summed E-state index contributed by atoms with van der Waals surface area (Å²) in [6.07, 6.45) is 1.60. The standard InChI is InChI=1S/C15H16N6O3/c1-20-12-11(13(22)21(2)15(20)23)17-14(18-12)19-16-8-9-4-6-10(24-3)7-5-9/h4-8H,1-3H3,(H2,17,18,19)/b16-8+. The minimum absolute atomic E-state index is 0.238. The Balaban J connectivity index is 1.87. The number of H-pyrrole nitrogens is 1. The maximum atomic E-state index is 12.1. The van der Waals surface area contributed by atoms with Gasteiger partial charge in [0.2, 0.25) is 5.95 Å². The maximum Gasteiger partial charge on any atom is 0.332 e. The molecule has 0 saturated carbocycles. The van der Waals surface area contributed by atoms with Gasteiger partial charge in [0, 0.05) is 14.1 Å². The second-order valence-electron chi connectivity index (χ2n) is 5.13. The molecule has 0 aliphatic carbocycles. The fourth-order valence-electron chi connectivity index (χ4n) is 2.24. The molecule has 2 N–H and O–H groups in total. The topological polar surface area (TPSA) is 106 Å². The Bertz CT molecular complexity index is 1030. The molecular formula is C15H16N6O3. The van der Waals surface area contributed by atoms with Gasteiger partial charge in [-0.15, -0.1) is 0 Å². The number of nitrogens with zero attached hydrogens (tertiary/aromatic N) is 4. The molecule has 0 spiro atoms. The van der Waals surface area contributed by atoms with E-state index in [1.807, 2.05) is 24.3 Å². The molecule has 9 heteroatoms. The molecule has 0 amide bonds.